The normalized spacial score (nSPS) is 32.1. The van der Waals surface area contributed by atoms with Gasteiger partial charge in [-0.15, -0.1) is 0 Å². The summed E-state index contributed by atoms with van der Waals surface area (Å²) >= 11 is 2.11. The first-order valence-corrected chi connectivity index (χ1v) is 10.7. The van der Waals surface area contributed by atoms with Crippen LogP contribution in [0.3, 0.4) is 0 Å². The van der Waals surface area contributed by atoms with E-state index in [2.05, 4.69) is 31.8 Å². The van der Waals surface area contributed by atoms with Gasteiger partial charge in [0, 0.05) is 23.9 Å². The van der Waals surface area contributed by atoms with Crippen LogP contribution in [0.2, 0.25) is 0 Å². The topological polar surface area (TPSA) is 47.6 Å². The molecule has 0 aromatic carbocycles. The monoisotopic (exact) mass is 354 g/mol. The summed E-state index contributed by atoms with van der Waals surface area (Å²) in [6.07, 6.45) is 9.81. The molecule has 0 saturated carbocycles. The molecule has 3 rings (SSSR count). The van der Waals surface area contributed by atoms with Gasteiger partial charge in [0.05, 0.1) is 0 Å². The number of likely N-dealkylation sites (tertiary alicyclic amines) is 1. The maximum atomic E-state index is 10.7. The molecule has 0 aromatic rings. The van der Waals surface area contributed by atoms with Crippen molar-refractivity contribution in [1.29, 1.82) is 0 Å². The number of amides is 1. The van der Waals surface area contributed by atoms with Crippen molar-refractivity contribution >= 4 is 18.4 Å². The summed E-state index contributed by atoms with van der Waals surface area (Å²) < 4.78 is 2.70. The van der Waals surface area contributed by atoms with Crippen molar-refractivity contribution in [3.8, 4) is 0 Å². The van der Waals surface area contributed by atoms with Gasteiger partial charge in [0.2, 0.25) is 6.41 Å². The molecule has 0 radical (unpaired) electrons. The lowest BCUT2D eigenvalue weighted by Gasteiger charge is -2.39. The molecule has 3 aliphatic rings. The van der Waals surface area contributed by atoms with Gasteiger partial charge in [-0.05, 0) is 84.1 Å². The van der Waals surface area contributed by atoms with E-state index in [9.17, 15) is 4.79 Å². The summed E-state index contributed by atoms with van der Waals surface area (Å²) in [6.45, 7) is 4.95. The number of hydrogen-bond donors (Lipinski definition) is 2. The molecule has 0 aliphatic carbocycles. The molecule has 6 heteroatoms. The Morgan fingerprint density at radius 2 is 1.83 bits per heavy atom. The van der Waals surface area contributed by atoms with Crippen molar-refractivity contribution < 1.29 is 4.79 Å². The van der Waals surface area contributed by atoms with E-state index in [-0.39, 0.29) is 0 Å². The molecule has 3 fully saturated rings. The maximum absolute atomic E-state index is 10.7. The van der Waals surface area contributed by atoms with Gasteiger partial charge in [-0.2, -0.15) is 0 Å². The number of nitrogens with one attached hydrogen (secondary N) is 2. The third-order valence-electron chi connectivity index (χ3n) is 6.04. The first-order chi connectivity index (χ1) is 11.8. The summed E-state index contributed by atoms with van der Waals surface area (Å²) in [5.41, 5.74) is 0. The SMILES string of the molecule is CNCCCN1CCC(CSN2C3CC[C@@H]2CC(NC=O)C3)CC1. The van der Waals surface area contributed by atoms with Crippen molar-refractivity contribution in [1.82, 2.24) is 19.8 Å². The average molecular weight is 355 g/mol. The van der Waals surface area contributed by atoms with Gasteiger partial charge < -0.3 is 15.5 Å². The zero-order valence-electron chi connectivity index (χ0n) is 15.1. The average Bonchev–Trinajstić information content (AvgIpc) is 2.83. The van der Waals surface area contributed by atoms with Crippen LogP contribution in [0, 0.1) is 5.92 Å². The first kappa shape index (κ1) is 18.5. The molecule has 5 nitrogen and oxygen atoms in total. The highest BCUT2D eigenvalue weighted by Crippen LogP contribution is 2.41. The fourth-order valence-corrected chi connectivity index (χ4v) is 6.15. The fraction of sp³-hybridized carbons (Fsp3) is 0.944. The fourth-order valence-electron chi connectivity index (χ4n) is 4.62. The molecular formula is C18H34N4OS. The lowest BCUT2D eigenvalue weighted by atomic mass is 9.99. The zero-order chi connectivity index (χ0) is 16.8. The Hall–Kier alpha value is -0.300. The maximum Gasteiger partial charge on any atom is 0.207 e. The van der Waals surface area contributed by atoms with Crippen molar-refractivity contribution in [2.45, 2.75) is 63.1 Å². The molecule has 3 heterocycles. The lowest BCUT2D eigenvalue weighted by molar-refractivity contribution is -0.110. The van der Waals surface area contributed by atoms with Crippen LogP contribution in [0.25, 0.3) is 0 Å². The minimum atomic E-state index is 0.415. The van der Waals surface area contributed by atoms with Gasteiger partial charge in [-0.25, -0.2) is 4.31 Å². The highest BCUT2D eigenvalue weighted by molar-refractivity contribution is 7.97. The van der Waals surface area contributed by atoms with Crippen LogP contribution < -0.4 is 10.6 Å². The second-order valence-electron chi connectivity index (χ2n) is 7.74. The number of nitrogens with zero attached hydrogens (tertiary/aromatic N) is 2. The van der Waals surface area contributed by atoms with Crippen LogP contribution in [0.1, 0.15) is 44.9 Å². The lowest BCUT2D eigenvalue weighted by Crippen LogP contribution is -2.46. The third kappa shape index (κ3) is 4.87. The summed E-state index contributed by atoms with van der Waals surface area (Å²) in [6, 6.07) is 1.79. The standard InChI is InChI=1S/C18H34N4OS/c1-19-7-2-8-21-9-5-15(6-10-21)13-24-22-17-3-4-18(22)12-16(11-17)20-14-23/h14-19H,2-13H2,1H3,(H,20,23)/t16?,17-,18?/m1/s1. The molecule has 3 aliphatic heterocycles. The summed E-state index contributed by atoms with van der Waals surface area (Å²) in [7, 11) is 2.04. The number of fused-ring (bicyclic) bond motifs is 2. The Labute approximate surface area is 151 Å². The second kappa shape index (κ2) is 9.41. The van der Waals surface area contributed by atoms with Crippen LogP contribution in [-0.4, -0.2) is 72.7 Å². The Kier molecular flexibility index (Phi) is 7.25. The van der Waals surface area contributed by atoms with E-state index < -0.39 is 0 Å². The number of rotatable bonds is 9. The summed E-state index contributed by atoms with van der Waals surface area (Å²) in [4.78, 5) is 13.3. The highest BCUT2D eigenvalue weighted by Gasteiger charge is 2.41. The van der Waals surface area contributed by atoms with E-state index in [0.717, 1.165) is 31.7 Å². The minimum absolute atomic E-state index is 0.415. The van der Waals surface area contributed by atoms with Crippen LogP contribution in [-0.2, 0) is 4.79 Å². The van der Waals surface area contributed by atoms with E-state index in [0.29, 0.717) is 18.1 Å². The molecular weight excluding hydrogens is 320 g/mol. The molecule has 138 valence electrons. The predicted molar refractivity (Wildman–Crippen MR) is 101 cm³/mol. The molecule has 3 saturated heterocycles. The van der Waals surface area contributed by atoms with Crippen molar-refractivity contribution in [2.24, 2.45) is 5.92 Å². The third-order valence-corrected chi connectivity index (χ3v) is 7.55. The van der Waals surface area contributed by atoms with Crippen LogP contribution in [0.4, 0.5) is 0 Å². The van der Waals surface area contributed by atoms with E-state index in [1.807, 2.05) is 7.05 Å². The molecule has 0 aromatic heterocycles. The number of carbonyl (C=O) groups excluding carboxylic acids is 1. The smallest absolute Gasteiger partial charge is 0.207 e. The van der Waals surface area contributed by atoms with Crippen molar-refractivity contribution in [2.75, 3.05) is 39.0 Å². The molecule has 24 heavy (non-hydrogen) atoms. The van der Waals surface area contributed by atoms with Gasteiger partial charge in [0.1, 0.15) is 0 Å². The van der Waals surface area contributed by atoms with Crippen LogP contribution in [0.15, 0.2) is 0 Å². The molecule has 2 unspecified atom stereocenters. The largest absolute Gasteiger partial charge is 0.356 e. The van der Waals surface area contributed by atoms with Gasteiger partial charge in [0.25, 0.3) is 0 Å². The van der Waals surface area contributed by atoms with Crippen molar-refractivity contribution in [3.05, 3.63) is 0 Å². The highest BCUT2D eigenvalue weighted by atomic mass is 32.2. The van der Waals surface area contributed by atoms with E-state index in [1.165, 1.54) is 57.5 Å². The Morgan fingerprint density at radius 1 is 1.12 bits per heavy atom. The molecule has 1 amide bonds. The van der Waals surface area contributed by atoms with Crippen molar-refractivity contribution in [3.63, 3.8) is 0 Å². The Bertz CT molecular complexity index is 375. The van der Waals surface area contributed by atoms with Gasteiger partial charge in [0.15, 0.2) is 0 Å². The van der Waals surface area contributed by atoms with E-state index >= 15 is 0 Å². The van der Waals surface area contributed by atoms with Crippen LogP contribution >= 0.6 is 11.9 Å². The number of piperidine rings is 2. The van der Waals surface area contributed by atoms with E-state index in [4.69, 9.17) is 0 Å². The van der Waals surface area contributed by atoms with E-state index in [1.54, 1.807) is 0 Å². The first-order valence-electron chi connectivity index (χ1n) is 9.78. The van der Waals surface area contributed by atoms with Gasteiger partial charge in [-0.1, -0.05) is 11.9 Å². The predicted octanol–water partition coefficient (Wildman–Crippen LogP) is 1.70. The van der Waals surface area contributed by atoms with Crippen LogP contribution in [0.5, 0.6) is 0 Å². The van der Waals surface area contributed by atoms with Gasteiger partial charge >= 0.3 is 0 Å². The second-order valence-corrected chi connectivity index (χ2v) is 8.75. The quantitative estimate of drug-likeness (QED) is 0.375. The molecule has 0 spiro atoms. The zero-order valence-corrected chi connectivity index (χ0v) is 15.9. The minimum Gasteiger partial charge on any atom is -0.356 e. The summed E-state index contributed by atoms with van der Waals surface area (Å²) in [5.74, 6) is 2.18. The summed E-state index contributed by atoms with van der Waals surface area (Å²) in [5, 5.41) is 6.25. The number of carbonyl (C=O) groups is 1. The van der Waals surface area contributed by atoms with Gasteiger partial charge in [-0.3, -0.25) is 4.79 Å². The Morgan fingerprint density at radius 3 is 2.46 bits per heavy atom. The molecule has 2 N–H and O–H groups in total. The Balaban J connectivity index is 1.35. The molecule has 2 bridgehead atoms. The molecule has 3 atom stereocenters. The number of hydrogen-bond acceptors (Lipinski definition) is 5.